The smallest absolute Gasteiger partial charge is 0.191 e. The number of thiophene rings is 2. The molecule has 3 aromatic rings. The number of hydrogen-bond acceptors (Lipinski definition) is 5. The summed E-state index contributed by atoms with van der Waals surface area (Å²) in [6, 6.07) is 11.8. The van der Waals surface area contributed by atoms with Gasteiger partial charge in [0.1, 0.15) is 11.4 Å². The van der Waals surface area contributed by atoms with Crippen molar-refractivity contribution < 1.29 is 9.52 Å². The van der Waals surface area contributed by atoms with Crippen molar-refractivity contribution in [2.75, 3.05) is 13.1 Å². The van der Waals surface area contributed by atoms with E-state index in [0.29, 0.717) is 25.6 Å². The zero-order valence-corrected chi connectivity index (χ0v) is 19.0. The van der Waals surface area contributed by atoms with Gasteiger partial charge in [0.15, 0.2) is 5.96 Å². The fourth-order valence-corrected chi connectivity index (χ4v) is 3.84. The van der Waals surface area contributed by atoms with E-state index in [2.05, 4.69) is 21.7 Å². The third-order valence-corrected chi connectivity index (χ3v) is 5.85. The summed E-state index contributed by atoms with van der Waals surface area (Å²) in [7, 11) is 0. The van der Waals surface area contributed by atoms with Gasteiger partial charge < -0.3 is 20.2 Å². The Labute approximate surface area is 184 Å². The minimum Gasteiger partial charge on any atom is -0.469 e. The summed E-state index contributed by atoms with van der Waals surface area (Å²) in [6.45, 7) is 3.50. The van der Waals surface area contributed by atoms with Crippen molar-refractivity contribution in [2.45, 2.75) is 25.5 Å². The first kappa shape index (κ1) is 21.9. The predicted octanol–water partition coefficient (Wildman–Crippen LogP) is 4.21. The summed E-state index contributed by atoms with van der Waals surface area (Å²) in [4.78, 5) is 6.76. The van der Waals surface area contributed by atoms with Crippen LogP contribution < -0.4 is 10.6 Å². The summed E-state index contributed by atoms with van der Waals surface area (Å²) < 4.78 is 5.36. The van der Waals surface area contributed by atoms with Gasteiger partial charge in [0, 0.05) is 22.7 Å². The summed E-state index contributed by atoms with van der Waals surface area (Å²) in [5, 5.41) is 21.3. The lowest BCUT2D eigenvalue weighted by Gasteiger charge is -2.24. The van der Waals surface area contributed by atoms with Crippen molar-refractivity contribution in [2.24, 2.45) is 4.99 Å². The van der Waals surface area contributed by atoms with Crippen molar-refractivity contribution in [3.63, 3.8) is 0 Å². The second-order valence-electron chi connectivity index (χ2n) is 6.11. The highest BCUT2D eigenvalue weighted by Crippen LogP contribution is 2.24. The number of guanidine groups is 1. The van der Waals surface area contributed by atoms with E-state index in [-0.39, 0.29) is 24.0 Å². The minimum atomic E-state index is -0.944. The van der Waals surface area contributed by atoms with E-state index in [1.54, 1.807) is 28.9 Å². The van der Waals surface area contributed by atoms with Gasteiger partial charge in [-0.15, -0.1) is 46.7 Å². The SMILES string of the molecule is CC(O)(CNC(=NCc1cccs1)NCCc1ccco1)c1cccs1.I. The van der Waals surface area contributed by atoms with Crippen molar-refractivity contribution in [1.82, 2.24) is 10.6 Å². The van der Waals surface area contributed by atoms with Gasteiger partial charge in [-0.25, -0.2) is 4.99 Å². The zero-order chi connectivity index (χ0) is 18.2. The Balaban J connectivity index is 0.00000261. The van der Waals surface area contributed by atoms with Gasteiger partial charge in [-0.3, -0.25) is 0 Å². The third-order valence-electron chi connectivity index (χ3n) is 3.87. The van der Waals surface area contributed by atoms with Gasteiger partial charge in [-0.05, 0) is 41.9 Å². The van der Waals surface area contributed by atoms with Crippen LogP contribution in [0.25, 0.3) is 0 Å². The molecule has 0 amide bonds. The minimum absolute atomic E-state index is 0. The normalized spacial score (nSPS) is 13.6. The number of nitrogens with zero attached hydrogens (tertiary/aromatic N) is 1. The molecule has 0 aliphatic carbocycles. The molecule has 0 saturated heterocycles. The molecular weight excluding hydrogens is 493 g/mol. The first-order valence-corrected chi connectivity index (χ1v) is 10.2. The Bertz CT molecular complexity index is 785. The average molecular weight is 517 g/mol. The third kappa shape index (κ3) is 6.95. The van der Waals surface area contributed by atoms with Crippen LogP contribution in [0.4, 0.5) is 0 Å². The van der Waals surface area contributed by atoms with Crippen LogP contribution in [0, 0.1) is 0 Å². The van der Waals surface area contributed by atoms with Gasteiger partial charge in [0.25, 0.3) is 0 Å². The Kier molecular flexibility index (Phi) is 8.81. The zero-order valence-electron chi connectivity index (χ0n) is 15.1. The van der Waals surface area contributed by atoms with Crippen LogP contribution in [0.2, 0.25) is 0 Å². The molecule has 27 heavy (non-hydrogen) atoms. The van der Waals surface area contributed by atoms with Crippen molar-refractivity contribution >= 4 is 52.6 Å². The Morgan fingerprint density at radius 2 is 1.96 bits per heavy atom. The molecule has 8 heteroatoms. The molecule has 0 saturated carbocycles. The van der Waals surface area contributed by atoms with Crippen LogP contribution in [-0.2, 0) is 18.6 Å². The van der Waals surface area contributed by atoms with E-state index in [9.17, 15) is 5.11 Å². The van der Waals surface area contributed by atoms with Gasteiger partial charge in [0.05, 0.1) is 19.4 Å². The van der Waals surface area contributed by atoms with Gasteiger partial charge in [-0.2, -0.15) is 0 Å². The lowest BCUT2D eigenvalue weighted by Crippen LogP contribution is -2.44. The van der Waals surface area contributed by atoms with E-state index in [1.807, 2.05) is 48.0 Å². The van der Waals surface area contributed by atoms with Crippen LogP contribution in [0.15, 0.2) is 62.8 Å². The summed E-state index contributed by atoms with van der Waals surface area (Å²) >= 11 is 3.23. The topological polar surface area (TPSA) is 69.8 Å². The maximum absolute atomic E-state index is 10.7. The molecule has 0 fully saturated rings. The van der Waals surface area contributed by atoms with Crippen LogP contribution in [0.3, 0.4) is 0 Å². The van der Waals surface area contributed by atoms with Gasteiger partial charge in [0.2, 0.25) is 0 Å². The molecule has 3 heterocycles. The van der Waals surface area contributed by atoms with E-state index in [4.69, 9.17) is 4.42 Å². The molecule has 0 bridgehead atoms. The van der Waals surface area contributed by atoms with Crippen LogP contribution >= 0.6 is 46.7 Å². The lowest BCUT2D eigenvalue weighted by atomic mass is 10.1. The number of hydrogen-bond donors (Lipinski definition) is 3. The second kappa shape index (κ2) is 10.8. The maximum Gasteiger partial charge on any atom is 0.191 e. The predicted molar refractivity (Wildman–Crippen MR) is 123 cm³/mol. The highest BCUT2D eigenvalue weighted by atomic mass is 127. The number of halogens is 1. The quantitative estimate of drug-likeness (QED) is 0.238. The Hall–Kier alpha value is -1.36. The molecule has 3 N–H and O–H groups in total. The molecule has 5 nitrogen and oxygen atoms in total. The molecule has 146 valence electrons. The maximum atomic E-state index is 10.7. The molecule has 3 aromatic heterocycles. The van der Waals surface area contributed by atoms with Crippen LogP contribution in [0.1, 0.15) is 22.4 Å². The van der Waals surface area contributed by atoms with E-state index >= 15 is 0 Å². The lowest BCUT2D eigenvalue weighted by molar-refractivity contribution is 0.0655. The Morgan fingerprint density at radius 3 is 2.63 bits per heavy atom. The highest BCUT2D eigenvalue weighted by molar-refractivity contribution is 14.0. The molecule has 0 aromatic carbocycles. The summed E-state index contributed by atoms with van der Waals surface area (Å²) in [5.41, 5.74) is -0.944. The van der Waals surface area contributed by atoms with Crippen LogP contribution in [-0.4, -0.2) is 24.2 Å². The fraction of sp³-hybridized carbons (Fsp3) is 0.316. The monoisotopic (exact) mass is 517 g/mol. The first-order valence-electron chi connectivity index (χ1n) is 8.47. The number of aliphatic imine (C=N–C) groups is 1. The molecule has 1 unspecified atom stereocenters. The van der Waals surface area contributed by atoms with Gasteiger partial charge >= 0.3 is 0 Å². The Morgan fingerprint density at radius 1 is 1.15 bits per heavy atom. The molecule has 0 spiro atoms. The molecule has 0 radical (unpaired) electrons. The molecule has 3 rings (SSSR count). The number of nitrogens with one attached hydrogen (secondary N) is 2. The molecule has 1 atom stereocenters. The largest absolute Gasteiger partial charge is 0.469 e. The van der Waals surface area contributed by atoms with E-state index < -0.39 is 5.60 Å². The summed E-state index contributed by atoms with van der Waals surface area (Å²) in [5.74, 6) is 1.61. The molecule has 0 aliphatic heterocycles. The van der Waals surface area contributed by atoms with Crippen molar-refractivity contribution in [3.8, 4) is 0 Å². The second-order valence-corrected chi connectivity index (χ2v) is 8.08. The molecular formula is C19H24IN3O2S2. The summed E-state index contributed by atoms with van der Waals surface area (Å²) in [6.07, 6.45) is 2.45. The van der Waals surface area contributed by atoms with Crippen molar-refractivity contribution in [1.29, 1.82) is 0 Å². The fourth-order valence-electron chi connectivity index (χ4n) is 2.42. The number of furan rings is 1. The number of rotatable bonds is 8. The van der Waals surface area contributed by atoms with Crippen molar-refractivity contribution in [3.05, 3.63) is 68.9 Å². The average Bonchev–Trinajstić information content (AvgIpc) is 3.40. The van der Waals surface area contributed by atoms with E-state index in [1.165, 1.54) is 4.88 Å². The van der Waals surface area contributed by atoms with Crippen LogP contribution in [0.5, 0.6) is 0 Å². The highest BCUT2D eigenvalue weighted by Gasteiger charge is 2.24. The van der Waals surface area contributed by atoms with E-state index in [0.717, 1.165) is 17.1 Å². The first-order chi connectivity index (χ1) is 12.6. The molecule has 0 aliphatic rings. The number of aliphatic hydroxyl groups is 1. The standard InChI is InChI=1S/C19H23N3O2S2.HI/c1-19(23,17-7-4-12-26-17)14-22-18(21-13-16-6-3-11-25-16)20-9-8-15-5-2-10-24-15;/h2-7,10-12,23H,8-9,13-14H2,1H3,(H2,20,21,22);1H. The van der Waals surface area contributed by atoms with Gasteiger partial charge in [-0.1, -0.05) is 12.1 Å².